The van der Waals surface area contributed by atoms with Gasteiger partial charge >= 0.3 is 0 Å². The van der Waals surface area contributed by atoms with Gasteiger partial charge in [0.15, 0.2) is 5.69 Å². The molecule has 2 aliphatic heterocycles. The molecular weight excluding hydrogens is 450 g/mol. The van der Waals surface area contributed by atoms with E-state index in [9.17, 15) is 9.59 Å². The van der Waals surface area contributed by atoms with Crippen LogP contribution in [-0.4, -0.2) is 67.8 Å². The monoisotopic (exact) mass is 479 g/mol. The molecule has 3 aliphatic rings. The Morgan fingerprint density at radius 3 is 2.74 bits per heavy atom. The van der Waals surface area contributed by atoms with Crippen molar-refractivity contribution in [2.75, 3.05) is 26.2 Å². The molecule has 3 heterocycles. The second-order valence-electron chi connectivity index (χ2n) is 9.48. The SMILES string of the molecule is Cn1nc(C(=O)NCc2ccc(C#N)cc2)c2c1C(=O)N(CC1(SN3CCC(N)C3)CC1)CC2. The maximum Gasteiger partial charge on any atom is 0.272 e. The Labute approximate surface area is 203 Å². The molecule has 9 nitrogen and oxygen atoms in total. The largest absolute Gasteiger partial charge is 0.347 e. The van der Waals surface area contributed by atoms with Gasteiger partial charge in [-0.05, 0) is 43.4 Å². The molecule has 34 heavy (non-hydrogen) atoms. The first-order chi connectivity index (χ1) is 16.4. The molecular formula is C24H29N7O2S. The lowest BCUT2D eigenvalue weighted by molar-refractivity contribution is 0.0725. The summed E-state index contributed by atoms with van der Waals surface area (Å²) in [6, 6.07) is 9.41. The Morgan fingerprint density at radius 1 is 1.32 bits per heavy atom. The van der Waals surface area contributed by atoms with E-state index in [1.54, 1.807) is 23.9 Å². The number of aromatic nitrogens is 2. The first-order valence-electron chi connectivity index (χ1n) is 11.7. The summed E-state index contributed by atoms with van der Waals surface area (Å²) >= 11 is 1.88. The van der Waals surface area contributed by atoms with Gasteiger partial charge in [-0.25, -0.2) is 4.31 Å². The van der Waals surface area contributed by atoms with Gasteiger partial charge in [-0.3, -0.25) is 14.3 Å². The lowest BCUT2D eigenvalue weighted by atomic mass is 10.0. The Hall–Kier alpha value is -2.87. The third kappa shape index (κ3) is 4.56. The smallest absolute Gasteiger partial charge is 0.272 e. The van der Waals surface area contributed by atoms with E-state index in [0.29, 0.717) is 43.0 Å². The van der Waals surface area contributed by atoms with Crippen molar-refractivity contribution in [1.29, 1.82) is 5.26 Å². The van der Waals surface area contributed by atoms with Crippen LogP contribution >= 0.6 is 11.9 Å². The summed E-state index contributed by atoms with van der Waals surface area (Å²) in [7, 11) is 1.73. The topological polar surface area (TPSA) is 120 Å². The van der Waals surface area contributed by atoms with Gasteiger partial charge in [-0.1, -0.05) is 24.1 Å². The fourth-order valence-electron chi connectivity index (χ4n) is 4.74. The summed E-state index contributed by atoms with van der Waals surface area (Å²) in [6.07, 6.45) is 3.85. The zero-order valence-electron chi connectivity index (χ0n) is 19.3. The Kier molecular flexibility index (Phi) is 6.10. The van der Waals surface area contributed by atoms with Crippen LogP contribution in [0.2, 0.25) is 0 Å². The van der Waals surface area contributed by atoms with Crippen molar-refractivity contribution >= 4 is 23.8 Å². The van der Waals surface area contributed by atoms with Crippen LogP contribution in [0.5, 0.6) is 0 Å². The quantitative estimate of drug-likeness (QED) is 0.577. The number of amides is 2. The highest BCUT2D eigenvalue weighted by Crippen LogP contribution is 2.51. The Bertz CT molecular complexity index is 1150. The zero-order valence-corrected chi connectivity index (χ0v) is 20.1. The molecule has 1 unspecified atom stereocenters. The highest BCUT2D eigenvalue weighted by Gasteiger charge is 2.49. The van der Waals surface area contributed by atoms with Gasteiger partial charge in [0.2, 0.25) is 0 Å². The van der Waals surface area contributed by atoms with E-state index in [0.717, 1.165) is 43.5 Å². The van der Waals surface area contributed by atoms with Gasteiger partial charge in [-0.2, -0.15) is 10.4 Å². The van der Waals surface area contributed by atoms with Crippen molar-refractivity contribution in [2.45, 2.75) is 43.0 Å². The number of nitrogens with two attached hydrogens (primary N) is 1. The van der Waals surface area contributed by atoms with Crippen molar-refractivity contribution in [1.82, 2.24) is 24.3 Å². The van der Waals surface area contributed by atoms with Crippen LogP contribution in [0.15, 0.2) is 24.3 Å². The van der Waals surface area contributed by atoms with E-state index < -0.39 is 0 Å². The van der Waals surface area contributed by atoms with E-state index in [4.69, 9.17) is 11.0 Å². The molecule has 1 aromatic heterocycles. The third-order valence-electron chi connectivity index (χ3n) is 6.81. The van der Waals surface area contributed by atoms with Crippen LogP contribution in [0.4, 0.5) is 0 Å². The highest BCUT2D eigenvalue weighted by molar-refractivity contribution is 7.98. The van der Waals surface area contributed by atoms with E-state index in [1.807, 2.05) is 29.0 Å². The Morgan fingerprint density at radius 2 is 2.09 bits per heavy atom. The molecule has 1 atom stereocenters. The van der Waals surface area contributed by atoms with Gasteiger partial charge in [0.1, 0.15) is 5.69 Å². The maximum absolute atomic E-state index is 13.4. The molecule has 2 aromatic rings. The van der Waals surface area contributed by atoms with E-state index in [-0.39, 0.29) is 22.6 Å². The van der Waals surface area contributed by atoms with Crippen molar-refractivity contribution in [3.05, 3.63) is 52.3 Å². The lowest BCUT2D eigenvalue weighted by Crippen LogP contribution is -2.43. The first kappa shape index (κ1) is 22.9. The molecule has 0 spiro atoms. The number of hydrogen-bond donors (Lipinski definition) is 2. The van der Waals surface area contributed by atoms with Crippen molar-refractivity contribution in [3.8, 4) is 6.07 Å². The van der Waals surface area contributed by atoms with Crippen LogP contribution in [-0.2, 0) is 20.0 Å². The third-order valence-corrected chi connectivity index (χ3v) is 8.33. The number of nitrogens with zero attached hydrogens (tertiary/aromatic N) is 5. The fraction of sp³-hybridized carbons (Fsp3) is 0.500. The normalized spacial score (nSPS) is 21.3. The molecule has 1 aromatic carbocycles. The minimum Gasteiger partial charge on any atom is -0.347 e. The minimum absolute atomic E-state index is 0.0487. The van der Waals surface area contributed by atoms with Gasteiger partial charge in [0.25, 0.3) is 11.8 Å². The van der Waals surface area contributed by atoms with E-state index >= 15 is 0 Å². The van der Waals surface area contributed by atoms with Crippen molar-refractivity contribution in [3.63, 3.8) is 0 Å². The summed E-state index contributed by atoms with van der Waals surface area (Å²) < 4.78 is 4.00. The minimum atomic E-state index is -0.290. The number of carbonyl (C=O) groups is 2. The first-order valence-corrected chi connectivity index (χ1v) is 12.5. The van der Waals surface area contributed by atoms with Crippen LogP contribution in [0.3, 0.4) is 0 Å². The Balaban J connectivity index is 1.24. The number of rotatable bonds is 7. The zero-order chi connectivity index (χ0) is 23.9. The van der Waals surface area contributed by atoms with Crippen LogP contribution in [0.25, 0.3) is 0 Å². The number of fused-ring (bicyclic) bond motifs is 1. The van der Waals surface area contributed by atoms with Crippen molar-refractivity contribution < 1.29 is 9.59 Å². The lowest BCUT2D eigenvalue weighted by Gasteiger charge is -2.32. The molecule has 1 saturated heterocycles. The van der Waals surface area contributed by atoms with Crippen LogP contribution in [0, 0.1) is 11.3 Å². The average Bonchev–Trinajstić information content (AvgIpc) is 3.32. The number of carbonyl (C=O) groups excluding carboxylic acids is 2. The second-order valence-corrected chi connectivity index (χ2v) is 11.0. The molecule has 1 aliphatic carbocycles. The number of hydrogen-bond acceptors (Lipinski definition) is 7. The van der Waals surface area contributed by atoms with Gasteiger partial charge < -0.3 is 16.0 Å². The van der Waals surface area contributed by atoms with Gasteiger partial charge in [-0.15, -0.1) is 0 Å². The van der Waals surface area contributed by atoms with E-state index in [1.165, 1.54) is 0 Å². The number of aryl methyl sites for hydroxylation is 1. The summed E-state index contributed by atoms with van der Waals surface area (Å²) in [5.41, 5.74) is 9.09. The summed E-state index contributed by atoms with van der Waals surface area (Å²) in [6.45, 7) is 3.56. The number of nitrogens with one attached hydrogen (secondary N) is 1. The standard InChI is InChI=1S/C24H29N7O2S/c1-29-21-19(20(28-29)22(32)27-13-17-4-2-16(12-25)3-5-17)7-10-30(23(21)33)15-24(8-9-24)34-31-11-6-18(26)14-31/h2-5,18H,6-11,13-15,26H2,1H3,(H,27,32). The number of nitriles is 1. The van der Waals surface area contributed by atoms with E-state index in [2.05, 4.69) is 20.8 Å². The number of benzene rings is 1. The van der Waals surface area contributed by atoms with Gasteiger partial charge in [0.05, 0.1) is 11.6 Å². The highest BCUT2D eigenvalue weighted by atomic mass is 32.2. The van der Waals surface area contributed by atoms with Crippen molar-refractivity contribution in [2.24, 2.45) is 12.8 Å². The molecule has 2 fully saturated rings. The average molecular weight is 480 g/mol. The molecule has 2 amide bonds. The predicted octanol–water partition coefficient (Wildman–Crippen LogP) is 1.43. The molecule has 1 saturated carbocycles. The second kappa shape index (κ2) is 9.06. The maximum atomic E-state index is 13.4. The molecule has 10 heteroatoms. The van der Waals surface area contributed by atoms with Crippen LogP contribution < -0.4 is 11.1 Å². The summed E-state index contributed by atoms with van der Waals surface area (Å²) in [4.78, 5) is 28.2. The predicted molar refractivity (Wildman–Crippen MR) is 129 cm³/mol. The molecule has 0 bridgehead atoms. The molecule has 178 valence electrons. The fourth-order valence-corrected chi connectivity index (χ4v) is 6.25. The summed E-state index contributed by atoms with van der Waals surface area (Å²) in [5.74, 6) is -0.338. The summed E-state index contributed by atoms with van der Waals surface area (Å²) in [5, 5.41) is 16.2. The van der Waals surface area contributed by atoms with Crippen LogP contribution in [0.1, 0.15) is 56.9 Å². The molecule has 3 N–H and O–H groups in total. The molecule has 5 rings (SSSR count). The molecule has 0 radical (unpaired) electrons. The van der Waals surface area contributed by atoms with Gasteiger partial charge in [0, 0.05) is 56.1 Å².